The molecule has 0 spiro atoms. The molecule has 1 N–H and O–H groups in total. The third kappa shape index (κ3) is 3.78. The van der Waals surface area contributed by atoms with Gasteiger partial charge in [0.1, 0.15) is 0 Å². The van der Waals surface area contributed by atoms with Crippen LogP contribution in [-0.4, -0.2) is 0 Å². The van der Waals surface area contributed by atoms with Crippen LogP contribution in [0.5, 0.6) is 0 Å². The highest BCUT2D eigenvalue weighted by Gasteiger charge is 2.33. The lowest BCUT2D eigenvalue weighted by Gasteiger charge is -2.11. The number of hydrogen-bond donors (Lipinski definition) is 1. The Bertz CT molecular complexity index is 581. The third-order valence-corrected chi connectivity index (χ3v) is 3.93. The van der Waals surface area contributed by atoms with E-state index in [1.807, 2.05) is 6.07 Å². The summed E-state index contributed by atoms with van der Waals surface area (Å²) in [5.74, 6) is 0. The molecule has 0 fully saturated rings. The van der Waals surface area contributed by atoms with Gasteiger partial charge in [0.2, 0.25) is 0 Å². The Hall–Kier alpha value is -0.910. The molecule has 0 aliphatic carbocycles. The van der Waals surface area contributed by atoms with Gasteiger partial charge in [-0.05, 0) is 30.3 Å². The molecule has 1 heterocycles. The van der Waals surface area contributed by atoms with E-state index in [9.17, 15) is 13.2 Å². The maximum Gasteiger partial charge on any atom is 0.417 e. The molecule has 0 bridgehead atoms. The second-order valence-corrected chi connectivity index (χ2v) is 5.96. The SMILES string of the molecule is FC(F)(F)c1cc(NCc2ccc(Cl)s2)ccc1Cl. The zero-order valence-corrected chi connectivity index (χ0v) is 11.7. The smallest absolute Gasteiger partial charge is 0.380 e. The van der Waals surface area contributed by atoms with Gasteiger partial charge in [-0.3, -0.25) is 0 Å². The highest BCUT2D eigenvalue weighted by molar-refractivity contribution is 7.16. The maximum atomic E-state index is 12.7. The van der Waals surface area contributed by atoms with Crippen molar-refractivity contribution in [2.45, 2.75) is 12.7 Å². The molecule has 2 aromatic rings. The number of halogens is 5. The van der Waals surface area contributed by atoms with Gasteiger partial charge in [0, 0.05) is 17.1 Å². The van der Waals surface area contributed by atoms with E-state index in [0.29, 0.717) is 16.6 Å². The lowest BCUT2D eigenvalue weighted by atomic mass is 10.2. The second-order valence-electron chi connectivity index (χ2n) is 3.75. The second kappa shape index (κ2) is 5.61. The average molecular weight is 326 g/mol. The van der Waals surface area contributed by atoms with Crippen molar-refractivity contribution in [3.63, 3.8) is 0 Å². The first-order valence-corrected chi connectivity index (χ1v) is 6.78. The van der Waals surface area contributed by atoms with Gasteiger partial charge in [-0.1, -0.05) is 23.2 Å². The van der Waals surface area contributed by atoms with Crippen LogP contribution in [0.15, 0.2) is 30.3 Å². The number of nitrogens with one attached hydrogen (secondary N) is 1. The number of hydrogen-bond acceptors (Lipinski definition) is 2. The van der Waals surface area contributed by atoms with Crippen LogP contribution in [0.25, 0.3) is 0 Å². The molecule has 2 rings (SSSR count). The lowest BCUT2D eigenvalue weighted by molar-refractivity contribution is -0.137. The normalized spacial score (nSPS) is 11.6. The van der Waals surface area contributed by atoms with Crippen LogP contribution in [-0.2, 0) is 12.7 Å². The molecule has 0 amide bonds. The molecule has 1 nitrogen and oxygen atoms in total. The Morgan fingerprint density at radius 1 is 1.11 bits per heavy atom. The molecule has 0 saturated carbocycles. The molecule has 0 aliphatic heterocycles. The Morgan fingerprint density at radius 3 is 2.42 bits per heavy atom. The van der Waals surface area contributed by atoms with E-state index in [-0.39, 0.29) is 5.02 Å². The van der Waals surface area contributed by atoms with Crippen LogP contribution in [0.4, 0.5) is 18.9 Å². The number of thiophene rings is 1. The topological polar surface area (TPSA) is 12.0 Å². The Kier molecular flexibility index (Phi) is 4.28. The van der Waals surface area contributed by atoms with E-state index in [0.717, 1.165) is 10.9 Å². The van der Waals surface area contributed by atoms with Gasteiger partial charge >= 0.3 is 6.18 Å². The van der Waals surface area contributed by atoms with Crippen molar-refractivity contribution < 1.29 is 13.2 Å². The van der Waals surface area contributed by atoms with Crippen molar-refractivity contribution in [1.82, 2.24) is 0 Å². The summed E-state index contributed by atoms with van der Waals surface area (Å²) >= 11 is 12.7. The van der Waals surface area contributed by atoms with Gasteiger partial charge in [0.05, 0.1) is 14.9 Å². The fraction of sp³-hybridized carbons (Fsp3) is 0.167. The highest BCUT2D eigenvalue weighted by atomic mass is 35.5. The molecule has 0 atom stereocenters. The van der Waals surface area contributed by atoms with E-state index >= 15 is 0 Å². The first-order chi connectivity index (χ1) is 8.86. The molecule has 19 heavy (non-hydrogen) atoms. The van der Waals surface area contributed by atoms with Crippen molar-refractivity contribution in [2.75, 3.05) is 5.32 Å². The molecule has 0 radical (unpaired) electrons. The highest BCUT2D eigenvalue weighted by Crippen LogP contribution is 2.36. The van der Waals surface area contributed by atoms with Crippen LogP contribution in [0.1, 0.15) is 10.4 Å². The minimum absolute atomic E-state index is 0.308. The maximum absolute atomic E-state index is 12.7. The van der Waals surface area contributed by atoms with Crippen molar-refractivity contribution in [3.05, 3.63) is 50.1 Å². The van der Waals surface area contributed by atoms with Gasteiger partial charge in [0.25, 0.3) is 0 Å². The molecule has 102 valence electrons. The first-order valence-electron chi connectivity index (χ1n) is 5.21. The van der Waals surface area contributed by atoms with Crippen LogP contribution in [0.3, 0.4) is 0 Å². The summed E-state index contributed by atoms with van der Waals surface area (Å²) in [6.45, 7) is 0.413. The van der Waals surface area contributed by atoms with Gasteiger partial charge in [-0.2, -0.15) is 13.2 Å². The van der Waals surface area contributed by atoms with E-state index in [2.05, 4.69) is 5.32 Å². The summed E-state index contributed by atoms with van der Waals surface area (Å²) in [6.07, 6.45) is -4.46. The van der Waals surface area contributed by atoms with Crippen molar-refractivity contribution in [2.24, 2.45) is 0 Å². The van der Waals surface area contributed by atoms with Gasteiger partial charge < -0.3 is 5.32 Å². The van der Waals surface area contributed by atoms with Gasteiger partial charge in [-0.25, -0.2) is 0 Å². The fourth-order valence-electron chi connectivity index (χ4n) is 1.49. The first kappa shape index (κ1) is 14.5. The number of anilines is 1. The fourth-order valence-corrected chi connectivity index (χ4v) is 2.74. The molecule has 0 aliphatic rings. The minimum atomic E-state index is -4.46. The molecular formula is C12H8Cl2F3NS. The zero-order valence-electron chi connectivity index (χ0n) is 9.39. The van der Waals surface area contributed by atoms with E-state index in [1.165, 1.54) is 23.5 Å². The largest absolute Gasteiger partial charge is 0.417 e. The van der Waals surface area contributed by atoms with E-state index < -0.39 is 11.7 Å². The Balaban J connectivity index is 2.13. The summed E-state index contributed by atoms with van der Waals surface area (Å²) in [6, 6.07) is 7.30. The van der Waals surface area contributed by atoms with Crippen LogP contribution in [0.2, 0.25) is 9.36 Å². The number of alkyl halides is 3. The van der Waals surface area contributed by atoms with Gasteiger partial charge in [0.15, 0.2) is 0 Å². The monoisotopic (exact) mass is 325 g/mol. The van der Waals surface area contributed by atoms with Crippen LogP contribution in [0, 0.1) is 0 Å². The quantitative estimate of drug-likeness (QED) is 0.764. The summed E-state index contributed by atoms with van der Waals surface area (Å²) in [5.41, 5.74) is -0.482. The lowest BCUT2D eigenvalue weighted by Crippen LogP contribution is -2.07. The summed E-state index contributed by atoms with van der Waals surface area (Å²) < 4.78 is 38.6. The summed E-state index contributed by atoms with van der Waals surface area (Å²) in [5, 5.41) is 2.60. The predicted octanol–water partition coefficient (Wildman–Crippen LogP) is 5.69. The molecular weight excluding hydrogens is 318 g/mol. The van der Waals surface area contributed by atoms with Crippen molar-refractivity contribution in [1.29, 1.82) is 0 Å². The Morgan fingerprint density at radius 2 is 1.84 bits per heavy atom. The molecule has 1 aromatic carbocycles. The van der Waals surface area contributed by atoms with Gasteiger partial charge in [-0.15, -0.1) is 11.3 Å². The minimum Gasteiger partial charge on any atom is -0.380 e. The van der Waals surface area contributed by atoms with Crippen LogP contribution >= 0.6 is 34.5 Å². The Labute approximate surface area is 122 Å². The molecule has 0 unspecified atom stereocenters. The van der Waals surface area contributed by atoms with E-state index in [1.54, 1.807) is 6.07 Å². The van der Waals surface area contributed by atoms with E-state index in [4.69, 9.17) is 23.2 Å². The number of benzene rings is 1. The molecule has 1 aromatic heterocycles. The van der Waals surface area contributed by atoms with Crippen molar-refractivity contribution in [3.8, 4) is 0 Å². The van der Waals surface area contributed by atoms with Crippen molar-refractivity contribution >= 4 is 40.2 Å². The van der Waals surface area contributed by atoms with Crippen LogP contribution < -0.4 is 5.32 Å². The zero-order chi connectivity index (χ0) is 14.0. The summed E-state index contributed by atoms with van der Waals surface area (Å²) in [4.78, 5) is 0.938. The summed E-state index contributed by atoms with van der Waals surface area (Å²) in [7, 11) is 0. The molecule has 0 saturated heterocycles. The number of rotatable bonds is 3. The predicted molar refractivity (Wildman–Crippen MR) is 73.1 cm³/mol. The third-order valence-electron chi connectivity index (χ3n) is 2.37. The standard InChI is InChI=1S/C12H8Cl2F3NS/c13-10-3-1-7(5-9(10)12(15,16)17)18-6-8-2-4-11(14)19-8/h1-5,18H,6H2. The average Bonchev–Trinajstić information content (AvgIpc) is 2.72. The molecule has 7 heteroatoms.